The second-order valence-electron chi connectivity index (χ2n) is 14.6. The average molecular weight is 722 g/mol. The van der Waals surface area contributed by atoms with Crippen LogP contribution in [0.2, 0.25) is 0 Å². The van der Waals surface area contributed by atoms with Gasteiger partial charge >= 0.3 is 6.18 Å². The van der Waals surface area contributed by atoms with Crippen LogP contribution < -0.4 is 15.5 Å². The highest BCUT2D eigenvalue weighted by Gasteiger charge is 2.31. The molecule has 3 heterocycles. The molecule has 2 aliphatic heterocycles. The number of amides is 1. The van der Waals surface area contributed by atoms with E-state index in [-0.39, 0.29) is 11.5 Å². The van der Waals surface area contributed by atoms with Crippen molar-refractivity contribution in [2.45, 2.75) is 51.7 Å². The Morgan fingerprint density at radius 3 is 2.28 bits per heavy atom. The van der Waals surface area contributed by atoms with E-state index in [0.29, 0.717) is 17.7 Å². The third-order valence-electron chi connectivity index (χ3n) is 10.6. The SMILES string of the molecule is Cc1ccc(NC(=O)c2cccc(C(F)(F)F)c2)cc1-c1cc(C(C)C)c2nc(Nc3ccc(N4CCC(N5CCN(C)CC5)CC4)cc3)ncc2c1. The molecule has 0 spiro atoms. The number of carbonyl (C=O) groups is 1. The van der Waals surface area contributed by atoms with E-state index in [1.165, 1.54) is 43.8 Å². The van der Waals surface area contributed by atoms with Crippen LogP contribution >= 0.6 is 0 Å². The summed E-state index contributed by atoms with van der Waals surface area (Å²) < 4.78 is 39.7. The normalized spacial score (nSPS) is 16.3. The summed E-state index contributed by atoms with van der Waals surface area (Å²) in [6.07, 6.45) is -0.321. The zero-order valence-electron chi connectivity index (χ0n) is 30.7. The molecule has 2 fully saturated rings. The summed E-state index contributed by atoms with van der Waals surface area (Å²) in [5.74, 6) is 0.0593. The van der Waals surface area contributed by atoms with Gasteiger partial charge in [0.25, 0.3) is 5.91 Å². The van der Waals surface area contributed by atoms with Crippen LogP contribution in [-0.4, -0.2) is 78.0 Å². The summed E-state index contributed by atoms with van der Waals surface area (Å²) in [6, 6.07) is 23.3. The second kappa shape index (κ2) is 15.2. The number of likely N-dealkylation sites (N-methyl/N-ethyl adjacent to an activating group) is 1. The van der Waals surface area contributed by atoms with E-state index in [0.717, 1.165) is 77.2 Å². The molecule has 2 N–H and O–H groups in total. The van der Waals surface area contributed by atoms with Gasteiger partial charge in [-0.1, -0.05) is 26.0 Å². The number of alkyl halides is 3. The third kappa shape index (κ3) is 8.31. The summed E-state index contributed by atoms with van der Waals surface area (Å²) in [6.45, 7) is 13.0. The van der Waals surface area contributed by atoms with Crippen LogP contribution in [0.5, 0.6) is 0 Å². The molecule has 0 aliphatic carbocycles. The summed E-state index contributed by atoms with van der Waals surface area (Å²) in [5, 5.41) is 7.05. The van der Waals surface area contributed by atoms with E-state index < -0.39 is 17.6 Å². The Labute approximate surface area is 309 Å². The van der Waals surface area contributed by atoms with Gasteiger partial charge in [0.1, 0.15) is 0 Å². The molecular weight excluding hydrogens is 676 g/mol. The number of hydrogen-bond donors (Lipinski definition) is 2. The number of fused-ring (bicyclic) bond motifs is 1. The van der Waals surface area contributed by atoms with Gasteiger partial charge in [0.05, 0.1) is 11.1 Å². The first-order chi connectivity index (χ1) is 25.4. The number of anilines is 4. The monoisotopic (exact) mass is 721 g/mol. The lowest BCUT2D eigenvalue weighted by Gasteiger charge is -2.42. The van der Waals surface area contributed by atoms with Gasteiger partial charge in [-0.3, -0.25) is 9.69 Å². The molecule has 2 saturated heterocycles. The van der Waals surface area contributed by atoms with Crippen molar-refractivity contribution >= 4 is 39.8 Å². The van der Waals surface area contributed by atoms with Gasteiger partial charge in [-0.2, -0.15) is 13.2 Å². The van der Waals surface area contributed by atoms with Crippen molar-refractivity contribution in [3.63, 3.8) is 0 Å². The van der Waals surface area contributed by atoms with Crippen molar-refractivity contribution in [1.82, 2.24) is 19.8 Å². The fourth-order valence-electron chi connectivity index (χ4n) is 7.44. The van der Waals surface area contributed by atoms with Crippen LogP contribution in [0.3, 0.4) is 0 Å². The standard InChI is InChI=1S/C42H46F3N7O/c1-27(2)37-24-30(38-25-34(9-8-28(38)3)47-40(53)29-6-5-7-32(23-29)42(43,44)45)22-31-26-46-41(49-39(31)37)48-33-10-12-35(13-11-33)51-16-14-36(15-17-51)52-20-18-50(4)19-21-52/h5-13,22-27,36H,14-21H2,1-4H3,(H,47,53)(H,46,48,49). The summed E-state index contributed by atoms with van der Waals surface area (Å²) in [7, 11) is 2.21. The Hall–Kier alpha value is -5.00. The van der Waals surface area contributed by atoms with Crippen LogP contribution in [0.1, 0.15) is 59.7 Å². The number of aromatic nitrogens is 2. The molecule has 5 aromatic rings. The lowest BCUT2D eigenvalue weighted by Crippen LogP contribution is -2.52. The molecule has 0 unspecified atom stereocenters. The molecule has 53 heavy (non-hydrogen) atoms. The predicted molar refractivity (Wildman–Crippen MR) is 207 cm³/mol. The van der Waals surface area contributed by atoms with Gasteiger partial charge < -0.3 is 20.4 Å². The van der Waals surface area contributed by atoms with Gasteiger partial charge in [0, 0.05) is 79.5 Å². The first kappa shape index (κ1) is 36.4. The van der Waals surface area contributed by atoms with Crippen LogP contribution in [0.4, 0.5) is 36.2 Å². The van der Waals surface area contributed by atoms with Crippen molar-refractivity contribution in [2.24, 2.45) is 0 Å². The van der Waals surface area contributed by atoms with Gasteiger partial charge in [-0.15, -0.1) is 0 Å². The lowest BCUT2D eigenvalue weighted by molar-refractivity contribution is -0.137. The van der Waals surface area contributed by atoms with Gasteiger partial charge in [0.15, 0.2) is 0 Å². The van der Waals surface area contributed by atoms with Crippen molar-refractivity contribution in [2.75, 3.05) is 61.8 Å². The molecule has 11 heteroatoms. The number of rotatable bonds is 8. The number of hydrogen-bond acceptors (Lipinski definition) is 7. The number of benzene rings is 4. The molecule has 4 aromatic carbocycles. The third-order valence-corrected chi connectivity index (χ3v) is 10.6. The molecule has 0 saturated carbocycles. The Morgan fingerprint density at radius 1 is 0.868 bits per heavy atom. The summed E-state index contributed by atoms with van der Waals surface area (Å²) >= 11 is 0. The highest BCUT2D eigenvalue weighted by molar-refractivity contribution is 6.04. The Bertz CT molecular complexity index is 2080. The van der Waals surface area contributed by atoms with E-state index in [4.69, 9.17) is 4.98 Å². The smallest absolute Gasteiger partial charge is 0.371 e. The number of nitrogens with zero attached hydrogens (tertiary/aromatic N) is 5. The number of carbonyl (C=O) groups excluding carboxylic acids is 1. The fraction of sp³-hybridized carbons (Fsp3) is 0.357. The number of piperazine rings is 1. The molecule has 276 valence electrons. The largest absolute Gasteiger partial charge is 0.416 e. The molecule has 7 rings (SSSR count). The van der Waals surface area contributed by atoms with Gasteiger partial charge in [0.2, 0.25) is 5.95 Å². The van der Waals surface area contributed by atoms with Gasteiger partial charge in [-0.05, 0) is 122 Å². The molecule has 0 radical (unpaired) electrons. The minimum Gasteiger partial charge on any atom is -0.371 e. The van der Waals surface area contributed by atoms with Crippen molar-refractivity contribution in [1.29, 1.82) is 0 Å². The highest BCUT2D eigenvalue weighted by Crippen LogP contribution is 2.35. The van der Waals surface area contributed by atoms with E-state index >= 15 is 0 Å². The minimum atomic E-state index is -4.54. The van der Waals surface area contributed by atoms with Gasteiger partial charge in [-0.25, -0.2) is 9.97 Å². The quantitative estimate of drug-likeness (QED) is 0.166. The minimum absolute atomic E-state index is 0.0656. The van der Waals surface area contributed by atoms with E-state index in [1.54, 1.807) is 6.07 Å². The second-order valence-corrected chi connectivity index (χ2v) is 14.6. The first-order valence-electron chi connectivity index (χ1n) is 18.4. The van der Waals surface area contributed by atoms with Crippen molar-refractivity contribution in [3.8, 4) is 11.1 Å². The fourth-order valence-corrected chi connectivity index (χ4v) is 7.44. The number of nitrogens with one attached hydrogen (secondary N) is 2. The Balaban J connectivity index is 1.05. The maximum absolute atomic E-state index is 13.2. The van der Waals surface area contributed by atoms with Crippen molar-refractivity contribution in [3.05, 3.63) is 107 Å². The van der Waals surface area contributed by atoms with E-state index in [2.05, 4.69) is 81.5 Å². The molecule has 8 nitrogen and oxygen atoms in total. The molecule has 0 atom stereocenters. The van der Waals surface area contributed by atoms with Crippen LogP contribution in [-0.2, 0) is 6.18 Å². The molecular formula is C42H46F3N7O. The highest BCUT2D eigenvalue weighted by atomic mass is 19.4. The lowest BCUT2D eigenvalue weighted by atomic mass is 9.92. The Kier molecular flexibility index (Phi) is 10.4. The molecule has 0 bridgehead atoms. The zero-order chi connectivity index (χ0) is 37.3. The van der Waals surface area contributed by atoms with Crippen LogP contribution in [0.15, 0.2) is 85.1 Å². The predicted octanol–water partition coefficient (Wildman–Crippen LogP) is 8.96. The van der Waals surface area contributed by atoms with Crippen LogP contribution in [0, 0.1) is 6.92 Å². The van der Waals surface area contributed by atoms with E-state index in [1.807, 2.05) is 31.3 Å². The summed E-state index contributed by atoms with van der Waals surface area (Å²) in [5.41, 5.74) is 6.41. The van der Waals surface area contributed by atoms with Crippen LogP contribution in [0.25, 0.3) is 22.0 Å². The number of piperidine rings is 1. The van der Waals surface area contributed by atoms with Crippen molar-refractivity contribution < 1.29 is 18.0 Å². The number of aryl methyl sites for hydroxylation is 1. The first-order valence-corrected chi connectivity index (χ1v) is 18.4. The maximum Gasteiger partial charge on any atom is 0.416 e. The molecule has 1 aromatic heterocycles. The molecule has 1 amide bonds. The average Bonchev–Trinajstić information content (AvgIpc) is 3.15. The zero-order valence-corrected chi connectivity index (χ0v) is 30.7. The number of halogens is 3. The topological polar surface area (TPSA) is 76.6 Å². The molecule has 2 aliphatic rings. The summed E-state index contributed by atoms with van der Waals surface area (Å²) in [4.78, 5) is 30.2. The Morgan fingerprint density at radius 2 is 1.58 bits per heavy atom. The maximum atomic E-state index is 13.2. The van der Waals surface area contributed by atoms with E-state index in [9.17, 15) is 18.0 Å².